The number of aromatic nitrogens is 4. The summed E-state index contributed by atoms with van der Waals surface area (Å²) >= 11 is 0. The number of nitrogens with zero attached hydrogens (tertiary/aromatic N) is 4. The van der Waals surface area contributed by atoms with Crippen LogP contribution in [0.3, 0.4) is 0 Å². The monoisotopic (exact) mass is 534 g/mol. The molecular formula is C29H32F2N6O2. The molecular weight excluding hydrogens is 502 g/mol. The van der Waals surface area contributed by atoms with Crippen LogP contribution in [0.5, 0.6) is 0 Å². The molecule has 0 unspecified atom stereocenters. The number of halogens is 2. The summed E-state index contributed by atoms with van der Waals surface area (Å²) in [6.45, 7) is 1.42. The molecule has 1 aromatic carbocycles. The molecule has 0 bridgehead atoms. The lowest BCUT2D eigenvalue weighted by Gasteiger charge is -2.28. The minimum atomic E-state index is -0.690. The van der Waals surface area contributed by atoms with Crippen molar-refractivity contribution < 1.29 is 18.3 Å². The highest BCUT2D eigenvalue weighted by atomic mass is 19.1. The molecule has 0 spiro atoms. The van der Waals surface area contributed by atoms with E-state index in [2.05, 4.69) is 20.4 Å². The number of benzene rings is 1. The van der Waals surface area contributed by atoms with Gasteiger partial charge in [0.15, 0.2) is 0 Å². The zero-order valence-electron chi connectivity index (χ0n) is 21.7. The molecule has 10 heteroatoms. The van der Waals surface area contributed by atoms with Gasteiger partial charge < -0.3 is 20.5 Å². The highest BCUT2D eigenvalue weighted by molar-refractivity contribution is 5.66. The van der Waals surface area contributed by atoms with E-state index in [1.54, 1.807) is 35.2 Å². The van der Waals surface area contributed by atoms with Gasteiger partial charge in [0, 0.05) is 25.5 Å². The minimum absolute atomic E-state index is 0.0379. The van der Waals surface area contributed by atoms with E-state index >= 15 is 8.78 Å². The molecule has 2 aliphatic rings. The molecule has 3 aromatic heterocycles. The third-order valence-corrected chi connectivity index (χ3v) is 7.65. The molecule has 4 aromatic rings. The van der Waals surface area contributed by atoms with E-state index in [0.29, 0.717) is 36.2 Å². The maximum atomic E-state index is 15.2. The van der Waals surface area contributed by atoms with Gasteiger partial charge in [0.1, 0.15) is 11.6 Å². The van der Waals surface area contributed by atoms with Gasteiger partial charge in [-0.15, -0.1) is 0 Å². The quantitative estimate of drug-likeness (QED) is 0.323. The van der Waals surface area contributed by atoms with E-state index in [4.69, 9.17) is 15.2 Å². The fourth-order valence-electron chi connectivity index (χ4n) is 5.61. The number of rotatable bonds is 7. The zero-order valence-corrected chi connectivity index (χ0v) is 21.7. The Morgan fingerprint density at radius 1 is 1.05 bits per heavy atom. The summed E-state index contributed by atoms with van der Waals surface area (Å²) in [6, 6.07) is 8.16. The first-order chi connectivity index (χ1) is 19.0. The number of anilines is 2. The molecule has 3 N–H and O–H groups in total. The standard InChI is InChI=1S/C29H32F2N6O2/c30-24-12-18(17-39-22-7-10-38-11-8-22)13-25(31)28(24)26-5-4-21-15-34-29(37(21)36-26)35-27-16-33-9-6-23(27)19-2-1-3-20(32)14-19/h4-6,9,12-13,15-16,19-20,22H,1-3,7-8,10-11,14,17,32H2,(H,34,35)/t19-,20+/m1/s1. The number of hydrogen-bond donors (Lipinski definition) is 2. The van der Waals surface area contributed by atoms with Gasteiger partial charge in [-0.25, -0.2) is 13.8 Å². The molecule has 1 saturated carbocycles. The van der Waals surface area contributed by atoms with E-state index in [1.807, 2.05) is 6.07 Å². The van der Waals surface area contributed by atoms with Crippen molar-refractivity contribution in [2.24, 2.45) is 5.73 Å². The maximum absolute atomic E-state index is 15.2. The Bertz CT molecular complexity index is 1430. The molecule has 39 heavy (non-hydrogen) atoms. The molecule has 1 aliphatic heterocycles. The Kier molecular flexibility index (Phi) is 7.49. The largest absolute Gasteiger partial charge is 0.381 e. The summed E-state index contributed by atoms with van der Waals surface area (Å²) in [6.07, 6.45) is 10.9. The fourth-order valence-corrected chi connectivity index (χ4v) is 5.61. The highest BCUT2D eigenvalue weighted by Crippen LogP contribution is 2.36. The Balaban J connectivity index is 1.26. The van der Waals surface area contributed by atoms with E-state index in [-0.39, 0.29) is 30.0 Å². The van der Waals surface area contributed by atoms with Crippen molar-refractivity contribution in [3.63, 3.8) is 0 Å². The van der Waals surface area contributed by atoms with Gasteiger partial charge in [-0.05, 0) is 79.5 Å². The first-order valence-electron chi connectivity index (χ1n) is 13.5. The predicted molar refractivity (Wildman–Crippen MR) is 144 cm³/mol. The molecule has 2 fully saturated rings. The van der Waals surface area contributed by atoms with Crippen LogP contribution in [0.2, 0.25) is 0 Å². The minimum Gasteiger partial charge on any atom is -0.381 e. The summed E-state index contributed by atoms with van der Waals surface area (Å²) in [7, 11) is 0. The lowest BCUT2D eigenvalue weighted by atomic mass is 9.81. The SMILES string of the molecule is N[C@H]1CCC[C@@H](c2ccncc2Nc2ncc3ccc(-c4c(F)cc(COC5CCOCC5)cc4F)nn23)C1. The molecule has 0 radical (unpaired) electrons. The molecule has 204 valence electrons. The first kappa shape index (κ1) is 25.8. The Labute approximate surface area is 225 Å². The number of hydrogen-bond acceptors (Lipinski definition) is 7. The van der Waals surface area contributed by atoms with E-state index in [1.165, 1.54) is 12.1 Å². The molecule has 8 nitrogen and oxygen atoms in total. The van der Waals surface area contributed by atoms with Crippen LogP contribution in [0.4, 0.5) is 20.4 Å². The van der Waals surface area contributed by atoms with Gasteiger partial charge in [-0.2, -0.15) is 9.61 Å². The van der Waals surface area contributed by atoms with E-state index in [0.717, 1.165) is 49.8 Å². The molecule has 2 atom stereocenters. The van der Waals surface area contributed by atoms with E-state index < -0.39 is 11.6 Å². The van der Waals surface area contributed by atoms with Crippen molar-refractivity contribution in [3.05, 3.63) is 71.7 Å². The topological polar surface area (TPSA) is 99.6 Å². The van der Waals surface area contributed by atoms with Gasteiger partial charge in [0.25, 0.3) is 0 Å². The highest BCUT2D eigenvalue weighted by Gasteiger charge is 2.24. The summed E-state index contributed by atoms with van der Waals surface area (Å²) in [4.78, 5) is 8.77. The van der Waals surface area contributed by atoms with Gasteiger partial charge in [-0.1, -0.05) is 6.42 Å². The van der Waals surface area contributed by atoms with Crippen LogP contribution >= 0.6 is 0 Å². The number of fused-ring (bicyclic) bond motifs is 1. The lowest BCUT2D eigenvalue weighted by Crippen LogP contribution is -2.27. The van der Waals surface area contributed by atoms with Crippen LogP contribution in [0.1, 0.15) is 55.6 Å². The second-order valence-corrected chi connectivity index (χ2v) is 10.4. The number of ether oxygens (including phenoxy) is 2. The van der Waals surface area contributed by atoms with Crippen LogP contribution in [-0.2, 0) is 16.1 Å². The Hall–Kier alpha value is -3.47. The number of nitrogens with one attached hydrogen (secondary N) is 1. The summed E-state index contributed by atoms with van der Waals surface area (Å²) in [5.41, 5.74) is 9.30. The van der Waals surface area contributed by atoms with Crippen LogP contribution < -0.4 is 11.1 Å². The smallest absolute Gasteiger partial charge is 0.229 e. The third kappa shape index (κ3) is 5.63. The van der Waals surface area contributed by atoms with Crippen molar-refractivity contribution >= 4 is 17.2 Å². The molecule has 1 aliphatic carbocycles. The lowest BCUT2D eigenvalue weighted by molar-refractivity contribution is -0.0391. The number of pyridine rings is 1. The van der Waals surface area contributed by atoms with E-state index in [9.17, 15) is 0 Å². The van der Waals surface area contributed by atoms with Crippen LogP contribution in [-0.4, -0.2) is 44.9 Å². The molecule has 1 saturated heterocycles. The molecule has 4 heterocycles. The van der Waals surface area contributed by atoms with Gasteiger partial charge >= 0.3 is 0 Å². The average molecular weight is 535 g/mol. The Morgan fingerprint density at radius 3 is 2.67 bits per heavy atom. The van der Waals surface area contributed by atoms with Crippen LogP contribution in [0, 0.1) is 11.6 Å². The van der Waals surface area contributed by atoms with Gasteiger partial charge in [-0.3, -0.25) is 4.98 Å². The summed E-state index contributed by atoms with van der Waals surface area (Å²) in [5, 5.41) is 7.90. The first-order valence-corrected chi connectivity index (χ1v) is 13.5. The molecule has 0 amide bonds. The fraction of sp³-hybridized carbons (Fsp3) is 0.414. The van der Waals surface area contributed by atoms with Crippen molar-refractivity contribution in [1.82, 2.24) is 19.6 Å². The number of imidazole rings is 1. The number of nitrogens with two attached hydrogens (primary N) is 1. The second-order valence-electron chi connectivity index (χ2n) is 10.4. The van der Waals surface area contributed by atoms with Gasteiger partial charge in [0.05, 0.1) is 47.6 Å². The average Bonchev–Trinajstić information content (AvgIpc) is 3.34. The third-order valence-electron chi connectivity index (χ3n) is 7.65. The van der Waals surface area contributed by atoms with Crippen molar-refractivity contribution in [3.8, 4) is 11.3 Å². The second kappa shape index (κ2) is 11.3. The van der Waals surface area contributed by atoms with Crippen LogP contribution in [0.15, 0.2) is 48.9 Å². The zero-order chi connectivity index (χ0) is 26.8. The molecule has 6 rings (SSSR count). The van der Waals surface area contributed by atoms with Crippen molar-refractivity contribution in [2.45, 2.75) is 63.2 Å². The Morgan fingerprint density at radius 2 is 1.87 bits per heavy atom. The van der Waals surface area contributed by atoms with Crippen molar-refractivity contribution in [1.29, 1.82) is 0 Å². The summed E-state index contributed by atoms with van der Waals surface area (Å²) in [5.74, 6) is -0.620. The van der Waals surface area contributed by atoms with Crippen molar-refractivity contribution in [2.75, 3.05) is 18.5 Å². The van der Waals surface area contributed by atoms with Crippen LogP contribution in [0.25, 0.3) is 16.8 Å². The normalized spacial score (nSPS) is 20.4. The van der Waals surface area contributed by atoms with Gasteiger partial charge in [0.2, 0.25) is 5.95 Å². The predicted octanol–water partition coefficient (Wildman–Crippen LogP) is 5.49. The summed E-state index contributed by atoms with van der Waals surface area (Å²) < 4.78 is 43.2. The maximum Gasteiger partial charge on any atom is 0.229 e.